The molecule has 4 aromatic carbocycles. The van der Waals surface area contributed by atoms with Gasteiger partial charge >= 0.3 is 0 Å². The predicted molar refractivity (Wildman–Crippen MR) is 484 cm³/mol. The van der Waals surface area contributed by atoms with Crippen LogP contribution in [-0.2, 0) is 4.74 Å². The van der Waals surface area contributed by atoms with Crippen molar-refractivity contribution in [2.24, 2.45) is 5.73 Å². The summed E-state index contributed by atoms with van der Waals surface area (Å²) in [5.74, 6) is 12.2. The molecule has 6 heterocycles. The summed E-state index contributed by atoms with van der Waals surface area (Å²) < 4.78 is 28.5. The zero-order chi connectivity index (χ0) is 85.1. The first-order valence-corrected chi connectivity index (χ1v) is 43.8. The number of ether oxygens (including phenoxy) is 5. The lowest BCUT2D eigenvalue weighted by atomic mass is 9.94. The number of nitrogens with two attached hydrogens (primary N) is 1. The van der Waals surface area contributed by atoms with Crippen molar-refractivity contribution in [2.75, 3.05) is 176 Å². The van der Waals surface area contributed by atoms with E-state index in [0.29, 0.717) is 97.4 Å². The zero-order valence-corrected chi connectivity index (χ0v) is 73.1. The summed E-state index contributed by atoms with van der Waals surface area (Å²) >= 11 is 0. The standard InChI is InChI=1S/C24H36N4O2.2C23H35N5O2.C22H31N5O3/c1-17(2)22-14-23(28(4)19-10-6-5-7-11-19)27-24(26-22)18-9-8-12-21(13-18)30-16-20(29)15-25-3;1-24-15-19(29)16-30-20-12-8-9-17(13-20)23-25-21(27(2)3)14-22(26-23)28(4)18-10-6-5-7-11-18;1-16(2)25-21-13-22(26-18-9-5-4-6-10-18)28-23(27-21)17-8-7-11-20(12-17)30-15-19(29)14-24-3;23-15-18(28)16-30-19-6-4-5-17(13-19)22-24-20(26-7-2-1-3-8-26)14-21(25-22)27-9-11-29-12-10-27/h8-9,12-14,17,19-20,25,29H,5-7,10-11,15-16H2,1-4H3;8-9,12-14,18-19,24,29H,5-7,10-11,15-16H2,1-4H3;7-8,11-13,16,18-19,24,29H,4-6,9-10,14-15H2,1-3H3,(H2,25,26,27,28);4-6,13-14,18,28H,1-3,7-12,15-16,23H2. The normalized spacial score (nSPS) is 16.4. The molecule has 3 saturated carbocycles. The lowest BCUT2D eigenvalue weighted by Crippen LogP contribution is -2.37. The highest BCUT2D eigenvalue weighted by Gasteiger charge is 2.26. The maximum absolute atomic E-state index is 9.90. The second kappa shape index (κ2) is 48.9. The van der Waals surface area contributed by atoms with Crippen molar-refractivity contribution in [3.05, 3.63) is 127 Å². The first kappa shape index (κ1) is 92.9. The summed E-state index contributed by atoms with van der Waals surface area (Å²) in [6.07, 6.45) is 20.3. The third-order valence-electron chi connectivity index (χ3n) is 22.0. The van der Waals surface area contributed by atoms with Crippen LogP contribution in [0.25, 0.3) is 45.6 Å². The van der Waals surface area contributed by atoms with E-state index in [-0.39, 0.29) is 39.0 Å². The van der Waals surface area contributed by atoms with Crippen LogP contribution in [0.3, 0.4) is 0 Å². The quantitative estimate of drug-likeness (QED) is 0.0176. The maximum atomic E-state index is 9.90. The molecule has 4 unspecified atom stereocenters. The Morgan fingerprint density at radius 1 is 0.425 bits per heavy atom. The molecule has 5 aliphatic rings. The monoisotopic (exact) mass is 1650 g/mol. The fraction of sp³-hybridized carbons (Fsp3) is 0.565. The van der Waals surface area contributed by atoms with Crippen molar-refractivity contribution in [3.63, 3.8) is 0 Å². The van der Waals surface area contributed by atoms with E-state index in [4.69, 9.17) is 69.3 Å². The van der Waals surface area contributed by atoms with Gasteiger partial charge in [0, 0.05) is 157 Å². The molecule has 13 rings (SSSR count). The van der Waals surface area contributed by atoms with Gasteiger partial charge in [0.1, 0.15) is 115 Å². The van der Waals surface area contributed by atoms with Crippen molar-refractivity contribution in [1.82, 2.24) is 55.8 Å². The SMILES string of the molecule is CNCC(O)COc1cccc(-c2nc(C(C)C)cc(N(C)C3CCCCC3)n2)c1.CNCC(O)COc1cccc(-c2nc(N(C)C)cc(N(C)C3CCCCC3)n2)c1.CNCC(O)COc1cccc(-c2nc(NC(C)C)cc(NC3CCCCC3)n2)c1.NCC(O)COc1cccc(-c2nc(N3CCCCC3)cc(N3CCOCC3)n2)c1. The number of aliphatic hydroxyl groups excluding tert-OH is 4. The van der Waals surface area contributed by atoms with Gasteiger partial charge < -0.3 is 101 Å². The van der Waals surface area contributed by atoms with Crippen LogP contribution < -0.4 is 75.8 Å². The molecule has 2 saturated heterocycles. The van der Waals surface area contributed by atoms with Crippen LogP contribution in [-0.4, -0.2) is 250 Å². The number of hydrogen-bond donors (Lipinski definition) is 10. The number of rotatable bonds is 35. The number of aromatic nitrogens is 8. The Morgan fingerprint density at radius 2 is 0.808 bits per heavy atom. The molecule has 0 spiro atoms. The second-order valence-electron chi connectivity index (χ2n) is 32.9. The molecule has 120 heavy (non-hydrogen) atoms. The topological polar surface area (TPSA) is 333 Å². The second-order valence-corrected chi connectivity index (χ2v) is 32.9. The number of nitrogens with zero attached hydrogens (tertiary/aromatic N) is 13. The van der Waals surface area contributed by atoms with Gasteiger partial charge in [0.05, 0.1) is 13.2 Å². The summed E-state index contributed by atoms with van der Waals surface area (Å²) in [7, 11) is 13.7. The molecule has 2 aliphatic heterocycles. The van der Waals surface area contributed by atoms with Gasteiger partial charge in [0.2, 0.25) is 0 Å². The minimum atomic E-state index is -0.680. The molecular formula is C92H137N19O9. The number of morpholine rings is 1. The first-order valence-electron chi connectivity index (χ1n) is 43.8. The molecule has 8 aromatic rings. The fourth-order valence-corrected chi connectivity index (χ4v) is 15.2. The van der Waals surface area contributed by atoms with Crippen molar-refractivity contribution >= 4 is 40.7 Å². The Balaban J connectivity index is 0.000000168. The predicted octanol–water partition coefficient (Wildman–Crippen LogP) is 12.3. The molecule has 0 bridgehead atoms. The molecule has 0 radical (unpaired) electrons. The van der Waals surface area contributed by atoms with E-state index in [1.54, 1.807) is 14.1 Å². The summed E-state index contributed by atoms with van der Waals surface area (Å²) in [6.45, 7) is 16.2. The van der Waals surface area contributed by atoms with E-state index in [2.05, 4.69) is 106 Å². The number of benzene rings is 4. The van der Waals surface area contributed by atoms with E-state index in [9.17, 15) is 20.4 Å². The van der Waals surface area contributed by atoms with Gasteiger partial charge in [-0.15, -0.1) is 0 Å². The van der Waals surface area contributed by atoms with Crippen LogP contribution >= 0.6 is 0 Å². The fourth-order valence-electron chi connectivity index (χ4n) is 15.2. The first-order chi connectivity index (χ1) is 58.2. The van der Waals surface area contributed by atoms with Gasteiger partial charge in [-0.05, 0) is 147 Å². The average Bonchev–Trinajstić information content (AvgIpc) is 0.832. The van der Waals surface area contributed by atoms with Crippen molar-refractivity contribution in [1.29, 1.82) is 0 Å². The van der Waals surface area contributed by atoms with Gasteiger partial charge in [-0.25, -0.2) is 39.9 Å². The molecule has 28 heteroatoms. The van der Waals surface area contributed by atoms with E-state index in [1.165, 1.54) is 116 Å². The van der Waals surface area contributed by atoms with Crippen LogP contribution in [0.5, 0.6) is 23.0 Å². The Kier molecular flexibility index (Phi) is 37.9. The molecule has 28 nitrogen and oxygen atoms in total. The third kappa shape index (κ3) is 29.8. The third-order valence-corrected chi connectivity index (χ3v) is 22.0. The van der Waals surface area contributed by atoms with Crippen molar-refractivity contribution in [3.8, 4) is 68.5 Å². The van der Waals surface area contributed by atoms with Crippen molar-refractivity contribution < 1.29 is 44.1 Å². The van der Waals surface area contributed by atoms with Crippen LogP contribution in [0.1, 0.15) is 155 Å². The highest BCUT2D eigenvalue weighted by molar-refractivity contribution is 5.67. The molecule has 11 N–H and O–H groups in total. The molecule has 654 valence electrons. The lowest BCUT2D eigenvalue weighted by molar-refractivity contribution is 0.108. The summed E-state index contributed by atoms with van der Waals surface area (Å²) in [5, 5.41) is 55.2. The lowest BCUT2D eigenvalue weighted by Gasteiger charge is -2.32. The average molecular weight is 1650 g/mol. The van der Waals surface area contributed by atoms with Crippen LogP contribution in [0.2, 0.25) is 0 Å². The molecule has 3 aliphatic carbocycles. The molecule has 0 amide bonds. The molecular weight excluding hydrogens is 1520 g/mol. The van der Waals surface area contributed by atoms with Crippen LogP contribution in [0.4, 0.5) is 40.7 Å². The van der Waals surface area contributed by atoms with Gasteiger partial charge in [0.25, 0.3) is 0 Å². The number of anilines is 7. The summed E-state index contributed by atoms with van der Waals surface area (Å²) in [4.78, 5) is 50.0. The highest BCUT2D eigenvalue weighted by Crippen LogP contribution is 2.35. The largest absolute Gasteiger partial charge is 0.491 e. The number of nitrogens with one attached hydrogen (secondary N) is 5. The van der Waals surface area contributed by atoms with E-state index < -0.39 is 24.4 Å². The molecule has 4 atom stereocenters. The Morgan fingerprint density at radius 3 is 1.23 bits per heavy atom. The summed E-state index contributed by atoms with van der Waals surface area (Å²) in [6, 6.07) is 41.1. The van der Waals surface area contributed by atoms with Crippen molar-refractivity contribution in [2.45, 2.75) is 198 Å². The summed E-state index contributed by atoms with van der Waals surface area (Å²) in [5.41, 5.74) is 10.1. The minimum Gasteiger partial charge on any atom is -0.491 e. The highest BCUT2D eigenvalue weighted by atomic mass is 16.5. The Bertz CT molecular complexity index is 4140. The molecule has 5 fully saturated rings. The number of aliphatic hydroxyl groups is 4. The Hall–Kier alpha value is -9.36. The van der Waals surface area contributed by atoms with Gasteiger partial charge in [-0.3, -0.25) is 0 Å². The number of piperidine rings is 1. The Labute approximate surface area is 712 Å². The van der Waals surface area contributed by atoms with Gasteiger partial charge in [-0.1, -0.05) is 120 Å². The molecule has 4 aromatic heterocycles. The maximum Gasteiger partial charge on any atom is 0.163 e. The van der Waals surface area contributed by atoms with E-state index in [0.717, 1.165) is 101 Å². The van der Waals surface area contributed by atoms with E-state index in [1.807, 2.05) is 129 Å². The van der Waals surface area contributed by atoms with Crippen LogP contribution in [0.15, 0.2) is 121 Å². The minimum absolute atomic E-state index is 0.160. The zero-order valence-electron chi connectivity index (χ0n) is 73.1. The van der Waals surface area contributed by atoms with Crippen LogP contribution in [0, 0.1) is 0 Å². The smallest absolute Gasteiger partial charge is 0.163 e. The van der Waals surface area contributed by atoms with E-state index >= 15 is 0 Å². The van der Waals surface area contributed by atoms with Gasteiger partial charge in [-0.2, -0.15) is 0 Å². The number of likely N-dealkylation sites (N-methyl/N-ethyl adjacent to an activating group) is 3. The number of hydrogen-bond acceptors (Lipinski definition) is 28. The van der Waals surface area contributed by atoms with Gasteiger partial charge in [0.15, 0.2) is 23.3 Å².